The highest BCUT2D eigenvalue weighted by molar-refractivity contribution is 6.06. The van der Waals surface area contributed by atoms with Crippen LogP contribution in [0.1, 0.15) is 41.5 Å². The van der Waals surface area contributed by atoms with Crippen LogP contribution in [-0.2, 0) is 4.74 Å². The molecule has 0 saturated heterocycles. The molecule has 0 unspecified atom stereocenters. The Balaban J connectivity index is 1.60. The van der Waals surface area contributed by atoms with Crippen molar-refractivity contribution < 1.29 is 19.1 Å². The molecule has 0 aliphatic carbocycles. The Hall–Kier alpha value is -4.20. The molecule has 0 fully saturated rings. The quantitative estimate of drug-likeness (QED) is 0.529. The van der Waals surface area contributed by atoms with Crippen LogP contribution in [0.5, 0.6) is 0 Å². The normalized spacial score (nSPS) is 10.7. The minimum absolute atomic E-state index is 0.274. The Morgan fingerprint density at radius 1 is 0.719 bits per heavy atom. The molecule has 0 atom stereocenters. The summed E-state index contributed by atoms with van der Waals surface area (Å²) >= 11 is 0. The average Bonchev–Trinajstić information content (AvgIpc) is 2.73. The molecule has 8 heteroatoms. The first kappa shape index (κ1) is 22.5. The summed E-state index contributed by atoms with van der Waals surface area (Å²) in [5.74, 6) is -0.601. The Bertz CT molecular complexity index is 1110. The lowest BCUT2D eigenvalue weighted by Crippen LogP contribution is -2.27. The molecule has 0 aliphatic rings. The summed E-state index contributed by atoms with van der Waals surface area (Å²) < 4.78 is 5.20. The van der Waals surface area contributed by atoms with Gasteiger partial charge in [0.05, 0.1) is 0 Å². The van der Waals surface area contributed by atoms with E-state index >= 15 is 0 Å². The van der Waals surface area contributed by atoms with Crippen molar-refractivity contribution in [1.29, 1.82) is 0 Å². The molecule has 3 rings (SSSR count). The van der Waals surface area contributed by atoms with Gasteiger partial charge in [-0.1, -0.05) is 6.07 Å². The maximum absolute atomic E-state index is 12.6. The number of pyridine rings is 1. The van der Waals surface area contributed by atoms with E-state index < -0.39 is 11.7 Å². The van der Waals surface area contributed by atoms with Crippen LogP contribution in [0.4, 0.5) is 21.9 Å². The van der Waals surface area contributed by atoms with Crippen molar-refractivity contribution in [3.8, 4) is 0 Å². The molecule has 0 radical (unpaired) electrons. The molecular formula is C24H24N4O4. The van der Waals surface area contributed by atoms with Gasteiger partial charge in [0, 0.05) is 40.6 Å². The summed E-state index contributed by atoms with van der Waals surface area (Å²) in [6, 6.07) is 16.5. The zero-order valence-corrected chi connectivity index (χ0v) is 18.0. The number of nitrogens with zero attached hydrogens (tertiary/aromatic N) is 1. The minimum Gasteiger partial charge on any atom is -0.444 e. The number of carbonyl (C=O) groups is 3. The third-order valence-electron chi connectivity index (χ3n) is 4.11. The minimum atomic E-state index is -0.601. The lowest BCUT2D eigenvalue weighted by Gasteiger charge is -2.19. The molecule has 3 aromatic rings. The number of rotatable bonds is 5. The smallest absolute Gasteiger partial charge is 0.412 e. The number of anilines is 3. The van der Waals surface area contributed by atoms with Crippen LogP contribution in [0.3, 0.4) is 0 Å². The van der Waals surface area contributed by atoms with Gasteiger partial charge in [-0.25, -0.2) is 4.79 Å². The van der Waals surface area contributed by atoms with Gasteiger partial charge in [0.15, 0.2) is 0 Å². The Morgan fingerprint density at radius 2 is 1.25 bits per heavy atom. The van der Waals surface area contributed by atoms with Crippen molar-refractivity contribution in [2.24, 2.45) is 0 Å². The maximum atomic E-state index is 12.6. The second-order valence-electron chi connectivity index (χ2n) is 7.93. The van der Waals surface area contributed by atoms with Gasteiger partial charge in [-0.15, -0.1) is 0 Å². The van der Waals surface area contributed by atoms with Gasteiger partial charge in [0.1, 0.15) is 5.60 Å². The van der Waals surface area contributed by atoms with Gasteiger partial charge in [-0.2, -0.15) is 0 Å². The summed E-state index contributed by atoms with van der Waals surface area (Å²) in [5, 5.41) is 8.19. The van der Waals surface area contributed by atoms with E-state index in [1.807, 2.05) is 0 Å². The maximum Gasteiger partial charge on any atom is 0.412 e. The Morgan fingerprint density at radius 3 is 1.78 bits per heavy atom. The number of nitrogens with one attached hydrogen (secondary N) is 3. The standard InChI is InChI=1S/C24H24N4O4/c1-24(2,3)32-23(31)28-18-9-7-16(8-10-18)21(29)26-19-5-4-6-20(15-19)27-22(30)17-11-13-25-14-12-17/h4-15H,1-3H3,(H,26,29)(H,27,30)(H,28,31). The molecule has 32 heavy (non-hydrogen) atoms. The molecule has 2 aromatic carbocycles. The van der Waals surface area contributed by atoms with E-state index in [0.29, 0.717) is 28.2 Å². The molecule has 3 N–H and O–H groups in total. The van der Waals surface area contributed by atoms with Crippen molar-refractivity contribution in [2.75, 3.05) is 16.0 Å². The van der Waals surface area contributed by atoms with Crippen LogP contribution in [0.2, 0.25) is 0 Å². The molecule has 3 amide bonds. The molecule has 0 aliphatic heterocycles. The van der Waals surface area contributed by atoms with E-state index in [-0.39, 0.29) is 11.8 Å². The number of ether oxygens (including phenoxy) is 1. The second kappa shape index (κ2) is 9.74. The molecule has 1 heterocycles. The Labute approximate surface area is 186 Å². The number of carbonyl (C=O) groups excluding carboxylic acids is 3. The van der Waals surface area contributed by atoms with E-state index in [1.54, 1.807) is 93.8 Å². The highest BCUT2D eigenvalue weighted by Crippen LogP contribution is 2.18. The fraction of sp³-hybridized carbons (Fsp3) is 0.167. The van der Waals surface area contributed by atoms with Crippen LogP contribution in [-0.4, -0.2) is 28.5 Å². The molecule has 8 nitrogen and oxygen atoms in total. The lowest BCUT2D eigenvalue weighted by molar-refractivity contribution is 0.0635. The van der Waals surface area contributed by atoms with Gasteiger partial charge < -0.3 is 15.4 Å². The highest BCUT2D eigenvalue weighted by Gasteiger charge is 2.16. The average molecular weight is 432 g/mol. The van der Waals surface area contributed by atoms with E-state index in [2.05, 4.69) is 20.9 Å². The Kier molecular flexibility index (Phi) is 6.84. The predicted molar refractivity (Wildman–Crippen MR) is 123 cm³/mol. The first-order valence-corrected chi connectivity index (χ1v) is 9.92. The van der Waals surface area contributed by atoms with Crippen LogP contribution < -0.4 is 16.0 Å². The van der Waals surface area contributed by atoms with Crippen molar-refractivity contribution in [1.82, 2.24) is 4.98 Å². The molecule has 164 valence electrons. The summed E-state index contributed by atoms with van der Waals surface area (Å²) in [7, 11) is 0. The SMILES string of the molecule is CC(C)(C)OC(=O)Nc1ccc(C(=O)Nc2cccc(NC(=O)c3ccncc3)c2)cc1. The van der Waals surface area contributed by atoms with Crippen LogP contribution >= 0.6 is 0 Å². The van der Waals surface area contributed by atoms with Gasteiger partial charge in [0.25, 0.3) is 11.8 Å². The number of amides is 3. The monoisotopic (exact) mass is 432 g/mol. The van der Waals surface area contributed by atoms with Gasteiger partial charge in [-0.3, -0.25) is 19.9 Å². The summed E-state index contributed by atoms with van der Waals surface area (Å²) in [6.45, 7) is 5.33. The van der Waals surface area contributed by atoms with E-state index in [1.165, 1.54) is 0 Å². The number of aromatic nitrogens is 1. The third-order valence-corrected chi connectivity index (χ3v) is 4.11. The zero-order chi connectivity index (χ0) is 23.1. The third kappa shape index (κ3) is 6.66. The van der Waals surface area contributed by atoms with E-state index in [4.69, 9.17) is 4.74 Å². The first-order valence-electron chi connectivity index (χ1n) is 9.92. The number of benzene rings is 2. The molecule has 0 saturated carbocycles. The van der Waals surface area contributed by atoms with Crippen molar-refractivity contribution in [2.45, 2.75) is 26.4 Å². The van der Waals surface area contributed by atoms with Crippen molar-refractivity contribution in [3.63, 3.8) is 0 Å². The lowest BCUT2D eigenvalue weighted by atomic mass is 10.2. The van der Waals surface area contributed by atoms with Crippen molar-refractivity contribution in [3.05, 3.63) is 84.2 Å². The summed E-state index contributed by atoms with van der Waals surface area (Å²) in [5.41, 5.74) is 1.87. The molecular weight excluding hydrogens is 408 g/mol. The van der Waals surface area contributed by atoms with Crippen LogP contribution in [0, 0.1) is 0 Å². The van der Waals surface area contributed by atoms with Gasteiger partial charge in [0.2, 0.25) is 0 Å². The first-order chi connectivity index (χ1) is 15.2. The summed E-state index contributed by atoms with van der Waals surface area (Å²) in [6.07, 6.45) is 2.51. The molecule has 0 bridgehead atoms. The predicted octanol–water partition coefficient (Wildman–Crippen LogP) is 4.93. The molecule has 1 aromatic heterocycles. The zero-order valence-electron chi connectivity index (χ0n) is 18.0. The van der Waals surface area contributed by atoms with Crippen LogP contribution in [0.15, 0.2) is 73.1 Å². The van der Waals surface area contributed by atoms with Gasteiger partial charge in [-0.05, 0) is 75.4 Å². The van der Waals surface area contributed by atoms with Crippen molar-refractivity contribution >= 4 is 35.0 Å². The van der Waals surface area contributed by atoms with E-state index in [0.717, 1.165) is 0 Å². The molecule has 0 spiro atoms. The summed E-state index contributed by atoms with van der Waals surface area (Å²) in [4.78, 5) is 40.6. The van der Waals surface area contributed by atoms with Crippen LogP contribution in [0.25, 0.3) is 0 Å². The largest absolute Gasteiger partial charge is 0.444 e. The van der Waals surface area contributed by atoms with E-state index in [9.17, 15) is 14.4 Å². The number of hydrogen-bond acceptors (Lipinski definition) is 5. The van der Waals surface area contributed by atoms with Gasteiger partial charge >= 0.3 is 6.09 Å². The number of hydrogen-bond donors (Lipinski definition) is 3. The topological polar surface area (TPSA) is 109 Å². The second-order valence-corrected chi connectivity index (χ2v) is 7.93. The fourth-order valence-electron chi connectivity index (χ4n) is 2.71. The highest BCUT2D eigenvalue weighted by atomic mass is 16.6. The fourth-order valence-corrected chi connectivity index (χ4v) is 2.71.